The topological polar surface area (TPSA) is 80.9 Å². The molecule has 5 nitrogen and oxygen atoms in total. The van der Waals surface area contributed by atoms with E-state index in [1.165, 1.54) is 0 Å². The van der Waals surface area contributed by atoms with Crippen LogP contribution in [0.3, 0.4) is 0 Å². The Labute approximate surface area is 105 Å². The summed E-state index contributed by atoms with van der Waals surface area (Å²) in [4.78, 5) is 11.0. The Morgan fingerprint density at radius 2 is 2.11 bits per heavy atom. The van der Waals surface area contributed by atoms with Gasteiger partial charge in [-0.25, -0.2) is 0 Å². The van der Waals surface area contributed by atoms with Crippen molar-refractivity contribution in [2.75, 3.05) is 5.32 Å². The van der Waals surface area contributed by atoms with E-state index in [1.54, 1.807) is 6.20 Å². The van der Waals surface area contributed by atoms with Crippen LogP contribution in [-0.2, 0) is 4.79 Å². The zero-order valence-electron chi connectivity index (χ0n) is 10.5. The third kappa shape index (κ3) is 2.74. The number of nitrogens with zero attached hydrogens (tertiary/aromatic N) is 2. The molecule has 94 valence electrons. The summed E-state index contributed by atoms with van der Waals surface area (Å²) in [5.41, 5.74) is 4.78. The van der Waals surface area contributed by atoms with Crippen molar-refractivity contribution < 1.29 is 4.79 Å². The van der Waals surface area contributed by atoms with Gasteiger partial charge in [-0.2, -0.15) is 5.10 Å². The molecule has 18 heavy (non-hydrogen) atoms. The summed E-state index contributed by atoms with van der Waals surface area (Å²) in [6, 6.07) is 7.82. The zero-order valence-corrected chi connectivity index (χ0v) is 10.5. The van der Waals surface area contributed by atoms with E-state index in [-0.39, 0.29) is 12.3 Å². The normalized spacial score (nSPS) is 11.4. The highest BCUT2D eigenvalue weighted by Crippen LogP contribution is 2.23. The number of amides is 1. The van der Waals surface area contributed by atoms with Crippen LogP contribution in [0, 0.1) is 0 Å². The van der Waals surface area contributed by atoms with Crippen LogP contribution < -0.4 is 11.1 Å². The lowest BCUT2D eigenvalue weighted by atomic mass is 10.00. The third-order valence-corrected chi connectivity index (χ3v) is 2.64. The molecular weight excluding hydrogens is 228 g/mol. The third-order valence-electron chi connectivity index (χ3n) is 2.64. The monoisotopic (exact) mass is 244 g/mol. The quantitative estimate of drug-likeness (QED) is 0.857. The molecule has 0 bridgehead atoms. The molecule has 0 saturated carbocycles. The molecule has 0 spiro atoms. The van der Waals surface area contributed by atoms with Crippen molar-refractivity contribution in [2.24, 2.45) is 5.73 Å². The Bertz CT molecular complexity index is 575. The average molecular weight is 244 g/mol. The fourth-order valence-corrected chi connectivity index (χ4v) is 1.92. The first-order valence-corrected chi connectivity index (χ1v) is 5.75. The maximum atomic E-state index is 11.0. The molecule has 0 unspecified atom stereocenters. The Hall–Kier alpha value is -2.17. The SMILES string of the molecule is CC(C)(CC(N)=O)Nc1nncc2ccccc12. The standard InChI is InChI=1S/C13H16N4O/c1-13(2,7-11(14)18)16-12-10-6-4-3-5-9(10)8-15-17-12/h3-6,8H,7H2,1-2H3,(H2,14,18)(H,16,17). The van der Waals surface area contributed by atoms with Gasteiger partial charge in [-0.1, -0.05) is 24.3 Å². The van der Waals surface area contributed by atoms with E-state index in [1.807, 2.05) is 38.1 Å². The molecule has 2 rings (SSSR count). The largest absolute Gasteiger partial charge is 0.370 e. The molecule has 0 aliphatic carbocycles. The fourth-order valence-electron chi connectivity index (χ4n) is 1.92. The minimum atomic E-state index is -0.454. The van der Waals surface area contributed by atoms with Gasteiger partial charge >= 0.3 is 0 Å². The van der Waals surface area contributed by atoms with Crippen LogP contribution in [-0.4, -0.2) is 21.6 Å². The summed E-state index contributed by atoms with van der Waals surface area (Å²) in [5.74, 6) is 0.319. The second-order valence-corrected chi connectivity index (χ2v) is 4.93. The van der Waals surface area contributed by atoms with Crippen LogP contribution in [0.15, 0.2) is 30.5 Å². The molecule has 5 heteroatoms. The van der Waals surface area contributed by atoms with Crippen molar-refractivity contribution in [1.82, 2.24) is 10.2 Å². The number of hydrogen-bond acceptors (Lipinski definition) is 4. The minimum Gasteiger partial charge on any atom is -0.370 e. The number of aromatic nitrogens is 2. The van der Waals surface area contributed by atoms with Gasteiger partial charge < -0.3 is 11.1 Å². The summed E-state index contributed by atoms with van der Waals surface area (Å²) in [5, 5.41) is 13.2. The number of anilines is 1. The lowest BCUT2D eigenvalue weighted by molar-refractivity contribution is -0.118. The van der Waals surface area contributed by atoms with E-state index >= 15 is 0 Å². The van der Waals surface area contributed by atoms with E-state index in [9.17, 15) is 4.79 Å². The molecule has 1 heterocycles. The van der Waals surface area contributed by atoms with Crippen LogP contribution in [0.4, 0.5) is 5.82 Å². The highest BCUT2D eigenvalue weighted by Gasteiger charge is 2.21. The average Bonchev–Trinajstić information content (AvgIpc) is 2.27. The van der Waals surface area contributed by atoms with Gasteiger partial charge in [0.25, 0.3) is 0 Å². The van der Waals surface area contributed by atoms with Gasteiger partial charge in [0, 0.05) is 22.7 Å². The van der Waals surface area contributed by atoms with E-state index in [0.717, 1.165) is 10.8 Å². The smallest absolute Gasteiger partial charge is 0.219 e. The molecule has 0 fully saturated rings. The Kier molecular flexibility index (Phi) is 3.14. The number of carbonyl (C=O) groups is 1. The summed E-state index contributed by atoms with van der Waals surface area (Å²) in [6.45, 7) is 3.81. The summed E-state index contributed by atoms with van der Waals surface area (Å²) >= 11 is 0. The molecular formula is C13H16N4O. The number of fused-ring (bicyclic) bond motifs is 1. The van der Waals surface area contributed by atoms with Crippen molar-refractivity contribution in [2.45, 2.75) is 25.8 Å². The fraction of sp³-hybridized carbons (Fsp3) is 0.308. The summed E-state index contributed by atoms with van der Waals surface area (Å²) in [7, 11) is 0. The van der Waals surface area contributed by atoms with Crippen molar-refractivity contribution in [1.29, 1.82) is 0 Å². The van der Waals surface area contributed by atoms with Gasteiger partial charge in [-0.15, -0.1) is 5.10 Å². The lowest BCUT2D eigenvalue weighted by Gasteiger charge is -2.25. The van der Waals surface area contributed by atoms with Crippen molar-refractivity contribution in [3.63, 3.8) is 0 Å². The van der Waals surface area contributed by atoms with Gasteiger partial charge in [0.2, 0.25) is 5.91 Å². The summed E-state index contributed by atoms with van der Waals surface area (Å²) in [6.07, 6.45) is 1.94. The number of carbonyl (C=O) groups excluding carboxylic acids is 1. The van der Waals surface area contributed by atoms with Gasteiger partial charge in [0.15, 0.2) is 5.82 Å². The number of benzene rings is 1. The van der Waals surface area contributed by atoms with Crippen LogP contribution in [0.1, 0.15) is 20.3 Å². The molecule has 1 amide bonds. The second kappa shape index (κ2) is 4.60. The highest BCUT2D eigenvalue weighted by atomic mass is 16.1. The molecule has 0 radical (unpaired) electrons. The van der Waals surface area contributed by atoms with Crippen LogP contribution >= 0.6 is 0 Å². The van der Waals surface area contributed by atoms with Gasteiger partial charge in [-0.3, -0.25) is 4.79 Å². The predicted molar refractivity (Wildman–Crippen MR) is 71.1 cm³/mol. The molecule has 3 N–H and O–H groups in total. The Morgan fingerprint density at radius 3 is 2.83 bits per heavy atom. The molecule has 1 aromatic carbocycles. The zero-order chi connectivity index (χ0) is 13.2. The predicted octanol–water partition coefficient (Wildman–Crippen LogP) is 1.70. The van der Waals surface area contributed by atoms with Gasteiger partial charge in [0.1, 0.15) is 0 Å². The van der Waals surface area contributed by atoms with E-state index < -0.39 is 5.54 Å². The lowest BCUT2D eigenvalue weighted by Crippen LogP contribution is -2.36. The van der Waals surface area contributed by atoms with Crippen molar-refractivity contribution in [3.8, 4) is 0 Å². The van der Waals surface area contributed by atoms with Crippen LogP contribution in [0.25, 0.3) is 10.8 Å². The first kappa shape index (κ1) is 12.3. The molecule has 0 aliphatic heterocycles. The number of primary amides is 1. The molecule has 2 aromatic rings. The minimum absolute atomic E-state index is 0.234. The van der Waals surface area contributed by atoms with E-state index in [4.69, 9.17) is 5.73 Å². The van der Waals surface area contributed by atoms with Crippen LogP contribution in [0.5, 0.6) is 0 Å². The maximum absolute atomic E-state index is 11.0. The molecule has 0 aliphatic rings. The first-order chi connectivity index (χ1) is 8.48. The maximum Gasteiger partial charge on any atom is 0.219 e. The Balaban J connectivity index is 2.34. The van der Waals surface area contributed by atoms with Crippen molar-refractivity contribution >= 4 is 22.5 Å². The second-order valence-electron chi connectivity index (χ2n) is 4.93. The first-order valence-electron chi connectivity index (χ1n) is 5.75. The molecule has 1 aromatic heterocycles. The summed E-state index contributed by atoms with van der Waals surface area (Å²) < 4.78 is 0. The van der Waals surface area contributed by atoms with E-state index in [0.29, 0.717) is 5.82 Å². The van der Waals surface area contributed by atoms with Gasteiger partial charge in [0.05, 0.1) is 6.20 Å². The van der Waals surface area contributed by atoms with Crippen molar-refractivity contribution in [3.05, 3.63) is 30.5 Å². The number of hydrogen-bond donors (Lipinski definition) is 2. The molecule has 0 atom stereocenters. The number of nitrogens with two attached hydrogens (primary N) is 1. The van der Waals surface area contributed by atoms with Crippen LogP contribution in [0.2, 0.25) is 0 Å². The number of nitrogens with one attached hydrogen (secondary N) is 1. The van der Waals surface area contributed by atoms with E-state index in [2.05, 4.69) is 15.5 Å². The highest BCUT2D eigenvalue weighted by molar-refractivity contribution is 5.91. The molecule has 0 saturated heterocycles. The Morgan fingerprint density at radius 1 is 1.39 bits per heavy atom. The van der Waals surface area contributed by atoms with Gasteiger partial charge in [-0.05, 0) is 13.8 Å². The number of rotatable bonds is 4.